The second-order valence-electron chi connectivity index (χ2n) is 5.49. The van der Waals surface area contributed by atoms with Crippen LogP contribution in [0.5, 0.6) is 0 Å². The molecule has 1 aromatic rings. The highest BCUT2D eigenvalue weighted by molar-refractivity contribution is 8.01. The fourth-order valence-electron chi connectivity index (χ4n) is 1.37. The third-order valence-corrected chi connectivity index (χ3v) is 3.70. The van der Waals surface area contributed by atoms with Crippen molar-refractivity contribution in [2.75, 3.05) is 5.75 Å². The van der Waals surface area contributed by atoms with Gasteiger partial charge in [-0.15, -0.1) is 11.8 Å². The summed E-state index contributed by atoms with van der Waals surface area (Å²) >= 11 is 1.55. The Morgan fingerprint density at radius 2 is 2.10 bits per heavy atom. The predicted molar refractivity (Wildman–Crippen MR) is 80.4 cm³/mol. The first-order valence-electron chi connectivity index (χ1n) is 6.51. The molecule has 1 unspecified atom stereocenters. The molecule has 20 heavy (non-hydrogen) atoms. The second kappa shape index (κ2) is 7.38. The molecule has 0 spiro atoms. The molecule has 0 aromatic carbocycles. The molecule has 0 fully saturated rings. The summed E-state index contributed by atoms with van der Waals surface area (Å²) in [5.74, 6) is 0.667. The topological polar surface area (TPSA) is 71.3 Å². The zero-order valence-electron chi connectivity index (χ0n) is 12.4. The minimum Gasteiger partial charge on any atom is -0.467 e. The number of amides is 2. The van der Waals surface area contributed by atoms with Crippen molar-refractivity contribution in [1.29, 1.82) is 0 Å². The van der Waals surface area contributed by atoms with E-state index < -0.39 is 6.04 Å². The average molecular weight is 298 g/mol. The van der Waals surface area contributed by atoms with Gasteiger partial charge in [0, 0.05) is 4.75 Å². The highest BCUT2D eigenvalue weighted by Gasteiger charge is 2.18. The first-order valence-corrected chi connectivity index (χ1v) is 7.50. The summed E-state index contributed by atoms with van der Waals surface area (Å²) in [4.78, 5) is 23.5. The van der Waals surface area contributed by atoms with Crippen LogP contribution in [0.2, 0.25) is 0 Å². The van der Waals surface area contributed by atoms with Crippen LogP contribution in [0.4, 0.5) is 0 Å². The quantitative estimate of drug-likeness (QED) is 0.842. The summed E-state index contributed by atoms with van der Waals surface area (Å²) in [5, 5.41) is 5.39. The van der Waals surface area contributed by atoms with Crippen LogP contribution in [-0.2, 0) is 16.1 Å². The Morgan fingerprint density at radius 1 is 1.40 bits per heavy atom. The zero-order chi connectivity index (χ0) is 15.2. The third-order valence-electron chi connectivity index (χ3n) is 2.42. The standard InChI is InChI=1S/C14H22N2O3S/c1-10(16-12(17)9-20-14(2,3)4)13(18)15-8-11-6-5-7-19-11/h5-7,10H,8-9H2,1-4H3,(H,15,18)(H,16,17). The largest absolute Gasteiger partial charge is 0.467 e. The van der Waals surface area contributed by atoms with Crippen molar-refractivity contribution in [3.63, 3.8) is 0 Å². The number of nitrogens with one attached hydrogen (secondary N) is 2. The van der Waals surface area contributed by atoms with Gasteiger partial charge in [-0.25, -0.2) is 0 Å². The van der Waals surface area contributed by atoms with Crippen molar-refractivity contribution in [2.24, 2.45) is 0 Å². The molecule has 0 aliphatic heterocycles. The van der Waals surface area contributed by atoms with Crippen molar-refractivity contribution >= 4 is 23.6 Å². The van der Waals surface area contributed by atoms with Gasteiger partial charge in [-0.1, -0.05) is 20.8 Å². The fourth-order valence-corrected chi connectivity index (χ4v) is 2.02. The molecule has 6 heteroatoms. The van der Waals surface area contributed by atoms with Crippen LogP contribution in [0.1, 0.15) is 33.5 Å². The fraction of sp³-hybridized carbons (Fsp3) is 0.571. The minimum atomic E-state index is -0.557. The van der Waals surface area contributed by atoms with Crippen LogP contribution in [0.25, 0.3) is 0 Å². The Labute approximate surface area is 123 Å². The van der Waals surface area contributed by atoms with E-state index in [4.69, 9.17) is 4.42 Å². The molecule has 0 saturated carbocycles. The number of hydrogen-bond acceptors (Lipinski definition) is 4. The van der Waals surface area contributed by atoms with Crippen LogP contribution in [0, 0.1) is 0 Å². The first-order chi connectivity index (χ1) is 9.28. The van der Waals surface area contributed by atoms with E-state index >= 15 is 0 Å². The van der Waals surface area contributed by atoms with Crippen LogP contribution >= 0.6 is 11.8 Å². The number of furan rings is 1. The highest BCUT2D eigenvalue weighted by atomic mass is 32.2. The van der Waals surface area contributed by atoms with Crippen molar-refractivity contribution in [3.05, 3.63) is 24.2 Å². The van der Waals surface area contributed by atoms with Gasteiger partial charge in [0.2, 0.25) is 11.8 Å². The lowest BCUT2D eigenvalue weighted by atomic mass is 10.3. The van der Waals surface area contributed by atoms with Crippen LogP contribution in [0.15, 0.2) is 22.8 Å². The van der Waals surface area contributed by atoms with E-state index in [2.05, 4.69) is 10.6 Å². The molecule has 0 aliphatic rings. The second-order valence-corrected chi connectivity index (χ2v) is 7.29. The first kappa shape index (κ1) is 16.6. The molecule has 1 rings (SSSR count). The van der Waals surface area contributed by atoms with Crippen molar-refractivity contribution in [3.8, 4) is 0 Å². The number of carbonyl (C=O) groups excluding carboxylic acids is 2. The molecule has 1 aromatic heterocycles. The molecule has 0 radical (unpaired) electrons. The maximum Gasteiger partial charge on any atom is 0.242 e. The minimum absolute atomic E-state index is 0.0299. The Hall–Kier alpha value is -1.43. The Kier molecular flexibility index (Phi) is 6.13. The normalized spacial score (nSPS) is 12.8. The monoisotopic (exact) mass is 298 g/mol. The van der Waals surface area contributed by atoms with Gasteiger partial charge in [0.05, 0.1) is 18.6 Å². The van der Waals surface area contributed by atoms with E-state index in [0.717, 1.165) is 0 Å². The summed E-state index contributed by atoms with van der Waals surface area (Å²) in [7, 11) is 0. The van der Waals surface area contributed by atoms with E-state index in [0.29, 0.717) is 18.1 Å². The van der Waals surface area contributed by atoms with Crippen LogP contribution in [0.3, 0.4) is 0 Å². The summed E-state index contributed by atoms with van der Waals surface area (Å²) in [6.07, 6.45) is 1.55. The number of carbonyl (C=O) groups is 2. The van der Waals surface area contributed by atoms with E-state index in [1.807, 2.05) is 20.8 Å². The Bertz CT molecular complexity index is 438. The van der Waals surface area contributed by atoms with Gasteiger partial charge >= 0.3 is 0 Å². The van der Waals surface area contributed by atoms with E-state index in [1.54, 1.807) is 37.1 Å². The average Bonchev–Trinajstić information content (AvgIpc) is 2.85. The molecule has 0 saturated heterocycles. The Morgan fingerprint density at radius 3 is 2.65 bits per heavy atom. The maximum absolute atomic E-state index is 11.8. The van der Waals surface area contributed by atoms with Gasteiger partial charge in [-0.3, -0.25) is 9.59 Å². The molecule has 0 bridgehead atoms. The van der Waals surface area contributed by atoms with Crippen LogP contribution < -0.4 is 10.6 Å². The van der Waals surface area contributed by atoms with Gasteiger partial charge in [0.25, 0.3) is 0 Å². The zero-order valence-corrected chi connectivity index (χ0v) is 13.2. The maximum atomic E-state index is 11.8. The van der Waals surface area contributed by atoms with Gasteiger partial charge in [0.1, 0.15) is 11.8 Å². The van der Waals surface area contributed by atoms with Gasteiger partial charge in [-0.2, -0.15) is 0 Å². The van der Waals surface area contributed by atoms with Crippen molar-refractivity contribution in [1.82, 2.24) is 10.6 Å². The molecular formula is C14H22N2O3S. The number of thioether (sulfide) groups is 1. The van der Waals surface area contributed by atoms with Gasteiger partial charge in [0.15, 0.2) is 0 Å². The highest BCUT2D eigenvalue weighted by Crippen LogP contribution is 2.22. The molecule has 2 N–H and O–H groups in total. The summed E-state index contributed by atoms with van der Waals surface area (Å²) < 4.78 is 5.15. The van der Waals surface area contributed by atoms with E-state index in [9.17, 15) is 9.59 Å². The third kappa shape index (κ3) is 6.65. The molecule has 2 amide bonds. The van der Waals surface area contributed by atoms with Gasteiger partial charge < -0.3 is 15.1 Å². The molecular weight excluding hydrogens is 276 g/mol. The molecule has 1 atom stereocenters. The molecule has 1 heterocycles. The summed E-state index contributed by atoms with van der Waals surface area (Å²) in [5.41, 5.74) is 0. The van der Waals surface area contributed by atoms with Crippen molar-refractivity contribution in [2.45, 2.75) is 45.0 Å². The molecule has 112 valence electrons. The smallest absolute Gasteiger partial charge is 0.242 e. The van der Waals surface area contributed by atoms with E-state index in [1.165, 1.54) is 0 Å². The van der Waals surface area contributed by atoms with Crippen LogP contribution in [-0.4, -0.2) is 28.4 Å². The summed E-state index contributed by atoms with van der Waals surface area (Å²) in [6.45, 7) is 8.12. The van der Waals surface area contributed by atoms with Gasteiger partial charge in [-0.05, 0) is 19.1 Å². The molecule has 0 aliphatic carbocycles. The predicted octanol–water partition coefficient (Wildman–Crippen LogP) is 1.93. The molecule has 5 nitrogen and oxygen atoms in total. The number of rotatable bonds is 6. The summed E-state index contributed by atoms with van der Waals surface area (Å²) in [6, 6.07) is 2.98. The number of hydrogen-bond donors (Lipinski definition) is 2. The lowest BCUT2D eigenvalue weighted by Crippen LogP contribution is -2.45. The SMILES string of the molecule is CC(NC(=O)CSC(C)(C)C)C(=O)NCc1ccco1. The van der Waals surface area contributed by atoms with Crippen molar-refractivity contribution < 1.29 is 14.0 Å². The Balaban J connectivity index is 2.28. The lowest BCUT2D eigenvalue weighted by molar-refractivity contribution is -0.127. The van der Waals surface area contributed by atoms with E-state index in [-0.39, 0.29) is 16.6 Å². The lowest BCUT2D eigenvalue weighted by Gasteiger charge is -2.18.